The molecule has 0 atom stereocenters. The lowest BCUT2D eigenvalue weighted by Gasteiger charge is -2.16. The van der Waals surface area contributed by atoms with Crippen molar-refractivity contribution in [2.45, 2.75) is 19.8 Å². The van der Waals surface area contributed by atoms with Gasteiger partial charge in [0.25, 0.3) is 11.7 Å². The highest BCUT2D eigenvalue weighted by atomic mass is 35.5. The van der Waals surface area contributed by atoms with Crippen molar-refractivity contribution in [2.75, 3.05) is 18.1 Å². The first-order valence-corrected chi connectivity index (χ1v) is 6.84. The molecule has 0 aliphatic carbocycles. The van der Waals surface area contributed by atoms with Crippen LogP contribution in [0.5, 0.6) is 0 Å². The lowest BCUT2D eigenvalue weighted by molar-refractivity contribution is -0.143. The van der Waals surface area contributed by atoms with Gasteiger partial charge in [-0.2, -0.15) is 0 Å². The van der Waals surface area contributed by atoms with Gasteiger partial charge in [0.1, 0.15) is 5.82 Å². The van der Waals surface area contributed by atoms with Crippen molar-refractivity contribution in [3.8, 4) is 0 Å². The second-order valence-corrected chi connectivity index (χ2v) is 4.89. The number of nitrogens with zero attached hydrogens (tertiary/aromatic N) is 1. The molecule has 1 aliphatic heterocycles. The number of fused-ring (bicyclic) bond motifs is 1. The molecule has 1 amide bonds. The molecule has 0 unspecified atom stereocenters. The normalized spacial score (nSPS) is 13.6. The fourth-order valence-electron chi connectivity index (χ4n) is 2.13. The van der Waals surface area contributed by atoms with Crippen LogP contribution in [0.25, 0.3) is 0 Å². The molecule has 112 valence electrons. The molecule has 0 fully saturated rings. The quantitative estimate of drug-likeness (QED) is 0.618. The Kier molecular flexibility index (Phi) is 4.57. The Labute approximate surface area is 125 Å². The molecular formula is C14H13ClFNO4. The molecule has 0 bridgehead atoms. The Balaban J connectivity index is 2.12. The van der Waals surface area contributed by atoms with Crippen LogP contribution in [-0.4, -0.2) is 30.8 Å². The van der Waals surface area contributed by atoms with E-state index in [0.29, 0.717) is 6.42 Å². The Morgan fingerprint density at radius 1 is 1.38 bits per heavy atom. The number of amides is 1. The Bertz CT molecular complexity index is 617. The summed E-state index contributed by atoms with van der Waals surface area (Å²) in [6.07, 6.45) is 0.475. The second-order valence-electron chi connectivity index (χ2n) is 4.48. The highest BCUT2D eigenvalue weighted by Crippen LogP contribution is 2.33. The van der Waals surface area contributed by atoms with E-state index in [1.807, 2.05) is 0 Å². The van der Waals surface area contributed by atoms with Gasteiger partial charge in [-0.15, -0.1) is 0 Å². The van der Waals surface area contributed by atoms with Gasteiger partial charge < -0.3 is 9.64 Å². The summed E-state index contributed by atoms with van der Waals surface area (Å²) < 4.78 is 18.1. The van der Waals surface area contributed by atoms with Crippen molar-refractivity contribution in [3.05, 3.63) is 28.5 Å². The lowest BCUT2D eigenvalue weighted by atomic mass is 10.1. The van der Waals surface area contributed by atoms with Crippen molar-refractivity contribution in [1.29, 1.82) is 0 Å². The van der Waals surface area contributed by atoms with E-state index in [4.69, 9.17) is 16.3 Å². The van der Waals surface area contributed by atoms with E-state index in [1.54, 1.807) is 6.92 Å². The zero-order valence-corrected chi connectivity index (χ0v) is 12.1. The first-order valence-electron chi connectivity index (χ1n) is 6.46. The predicted molar refractivity (Wildman–Crippen MR) is 74.0 cm³/mol. The van der Waals surface area contributed by atoms with Crippen molar-refractivity contribution >= 4 is 34.9 Å². The van der Waals surface area contributed by atoms with Crippen LogP contribution in [0.2, 0.25) is 5.02 Å². The number of Topliss-reactive ketones (excluding diaryl/α,β-unsaturated/α-hetero) is 1. The van der Waals surface area contributed by atoms with Crippen LogP contribution in [0.15, 0.2) is 12.1 Å². The average molecular weight is 314 g/mol. The molecule has 0 radical (unpaired) electrons. The van der Waals surface area contributed by atoms with Gasteiger partial charge in [-0.3, -0.25) is 14.4 Å². The van der Waals surface area contributed by atoms with Gasteiger partial charge in [-0.1, -0.05) is 11.6 Å². The number of ketones is 1. The Morgan fingerprint density at radius 2 is 2.10 bits per heavy atom. The maximum atomic E-state index is 13.4. The zero-order valence-electron chi connectivity index (χ0n) is 11.3. The van der Waals surface area contributed by atoms with Crippen molar-refractivity contribution in [1.82, 2.24) is 0 Å². The molecule has 7 heteroatoms. The van der Waals surface area contributed by atoms with Gasteiger partial charge in [0.05, 0.1) is 22.9 Å². The van der Waals surface area contributed by atoms with E-state index in [-0.39, 0.29) is 41.8 Å². The standard InChI is InChI=1S/C14H13ClFNO4/c1-2-21-12(18)4-3-5-17-11-7-9(15)10(16)6-8(11)13(19)14(17)20/h6-7H,2-5H2,1H3. The third-order valence-electron chi connectivity index (χ3n) is 3.08. The minimum absolute atomic E-state index is 0.00182. The number of esters is 1. The van der Waals surface area contributed by atoms with E-state index in [0.717, 1.165) is 6.07 Å². The Hall–Kier alpha value is -1.95. The smallest absolute Gasteiger partial charge is 0.305 e. The summed E-state index contributed by atoms with van der Waals surface area (Å²) in [6.45, 7) is 2.16. The largest absolute Gasteiger partial charge is 0.466 e. The van der Waals surface area contributed by atoms with Gasteiger partial charge in [-0.25, -0.2) is 4.39 Å². The van der Waals surface area contributed by atoms with Crippen LogP contribution >= 0.6 is 11.6 Å². The molecule has 1 aromatic carbocycles. The van der Waals surface area contributed by atoms with Crippen molar-refractivity contribution in [3.63, 3.8) is 0 Å². The molecule has 21 heavy (non-hydrogen) atoms. The van der Waals surface area contributed by atoms with Gasteiger partial charge in [0, 0.05) is 13.0 Å². The summed E-state index contributed by atoms with van der Waals surface area (Å²) in [5.41, 5.74) is 0.276. The summed E-state index contributed by atoms with van der Waals surface area (Å²) >= 11 is 5.68. The fourth-order valence-corrected chi connectivity index (χ4v) is 2.28. The first-order chi connectivity index (χ1) is 9.95. The number of ether oxygens (including phenoxy) is 1. The molecule has 0 saturated carbocycles. The van der Waals surface area contributed by atoms with Crippen LogP contribution in [0, 0.1) is 5.82 Å². The number of halogens is 2. The molecule has 1 aliphatic rings. The van der Waals surface area contributed by atoms with E-state index >= 15 is 0 Å². The van der Waals surface area contributed by atoms with Gasteiger partial charge in [0.2, 0.25) is 0 Å². The van der Waals surface area contributed by atoms with Crippen LogP contribution < -0.4 is 4.90 Å². The lowest BCUT2D eigenvalue weighted by Crippen LogP contribution is -2.31. The predicted octanol–water partition coefficient (Wildman–Crippen LogP) is 2.35. The highest BCUT2D eigenvalue weighted by molar-refractivity contribution is 6.52. The summed E-state index contributed by atoms with van der Waals surface area (Å²) in [5.74, 6) is -2.62. The summed E-state index contributed by atoms with van der Waals surface area (Å²) in [4.78, 5) is 36.1. The second kappa shape index (κ2) is 6.22. The highest BCUT2D eigenvalue weighted by Gasteiger charge is 2.36. The minimum atomic E-state index is -0.767. The average Bonchev–Trinajstić information content (AvgIpc) is 2.65. The van der Waals surface area contributed by atoms with Crippen molar-refractivity contribution in [2.24, 2.45) is 0 Å². The maximum Gasteiger partial charge on any atom is 0.305 e. The van der Waals surface area contributed by atoms with E-state index in [1.165, 1.54) is 11.0 Å². The molecule has 1 aromatic rings. The molecule has 2 rings (SSSR count). The van der Waals surface area contributed by atoms with Gasteiger partial charge in [0.15, 0.2) is 0 Å². The van der Waals surface area contributed by atoms with Crippen LogP contribution in [0.3, 0.4) is 0 Å². The third kappa shape index (κ3) is 3.05. The topological polar surface area (TPSA) is 63.7 Å². The Morgan fingerprint density at radius 3 is 2.76 bits per heavy atom. The summed E-state index contributed by atoms with van der Waals surface area (Å²) in [7, 11) is 0. The number of carbonyl (C=O) groups is 3. The SMILES string of the molecule is CCOC(=O)CCCN1C(=O)C(=O)c2cc(F)c(Cl)cc21. The van der Waals surface area contributed by atoms with E-state index in [9.17, 15) is 18.8 Å². The van der Waals surface area contributed by atoms with Crippen LogP contribution in [-0.2, 0) is 14.3 Å². The monoisotopic (exact) mass is 313 g/mol. The van der Waals surface area contributed by atoms with Crippen LogP contribution in [0.1, 0.15) is 30.1 Å². The molecule has 5 nitrogen and oxygen atoms in total. The molecule has 0 aromatic heterocycles. The summed E-state index contributed by atoms with van der Waals surface area (Å²) in [5, 5.41) is -0.161. The number of hydrogen-bond donors (Lipinski definition) is 0. The van der Waals surface area contributed by atoms with E-state index < -0.39 is 17.5 Å². The molecule has 0 spiro atoms. The minimum Gasteiger partial charge on any atom is -0.466 e. The van der Waals surface area contributed by atoms with E-state index in [2.05, 4.69) is 0 Å². The van der Waals surface area contributed by atoms with Gasteiger partial charge in [-0.05, 0) is 25.5 Å². The molecule has 0 saturated heterocycles. The number of benzene rings is 1. The van der Waals surface area contributed by atoms with Gasteiger partial charge >= 0.3 is 5.97 Å². The van der Waals surface area contributed by atoms with Crippen molar-refractivity contribution < 1.29 is 23.5 Å². The summed E-state index contributed by atoms with van der Waals surface area (Å²) in [6, 6.07) is 2.21. The van der Waals surface area contributed by atoms with Crippen LogP contribution in [0.4, 0.5) is 10.1 Å². The number of anilines is 1. The maximum absolute atomic E-state index is 13.4. The third-order valence-corrected chi connectivity index (χ3v) is 3.37. The molecule has 1 heterocycles. The first kappa shape index (κ1) is 15.4. The number of rotatable bonds is 5. The number of carbonyl (C=O) groups excluding carboxylic acids is 3. The molecular weight excluding hydrogens is 301 g/mol. The fraction of sp³-hybridized carbons (Fsp3) is 0.357. The zero-order chi connectivity index (χ0) is 15.6. The number of hydrogen-bond acceptors (Lipinski definition) is 4. The molecule has 0 N–H and O–H groups in total.